The van der Waals surface area contributed by atoms with Crippen molar-refractivity contribution in [3.05, 3.63) is 35.1 Å². The van der Waals surface area contributed by atoms with Crippen LogP contribution in [0.3, 0.4) is 0 Å². The van der Waals surface area contributed by atoms with Crippen LogP contribution in [0.15, 0.2) is 18.2 Å². The maximum atomic E-state index is 13.8. The van der Waals surface area contributed by atoms with E-state index in [9.17, 15) is 9.18 Å². The second-order valence-electron chi connectivity index (χ2n) is 4.84. The molecule has 0 fully saturated rings. The summed E-state index contributed by atoms with van der Waals surface area (Å²) in [6.45, 7) is 6.21. The highest BCUT2D eigenvalue weighted by atomic mass is 19.1. The molecule has 0 saturated heterocycles. The minimum absolute atomic E-state index is 0.0258. The van der Waals surface area contributed by atoms with E-state index < -0.39 is 11.8 Å². The first-order valence-corrected chi connectivity index (χ1v) is 6.04. The molecule has 0 amide bonds. The third-order valence-electron chi connectivity index (χ3n) is 2.64. The third kappa shape index (κ3) is 4.11. The Morgan fingerprint density at radius 2 is 2.06 bits per heavy atom. The Balaban J connectivity index is 2.68. The molecular formula is C14H19FO3. The average Bonchev–Trinajstić information content (AvgIpc) is 2.26. The van der Waals surface area contributed by atoms with Gasteiger partial charge in [-0.3, -0.25) is 0 Å². The predicted molar refractivity (Wildman–Crippen MR) is 67.1 cm³/mol. The molecule has 0 aliphatic carbocycles. The summed E-state index contributed by atoms with van der Waals surface area (Å²) < 4.78 is 19.3. The van der Waals surface area contributed by atoms with Gasteiger partial charge in [0.15, 0.2) is 0 Å². The van der Waals surface area contributed by atoms with Crippen LogP contribution in [0.4, 0.5) is 4.39 Å². The van der Waals surface area contributed by atoms with Crippen LogP contribution in [0.25, 0.3) is 0 Å². The number of rotatable bonds is 6. The van der Waals surface area contributed by atoms with Crippen molar-refractivity contribution in [1.82, 2.24) is 0 Å². The molecule has 1 aromatic rings. The fourth-order valence-corrected chi connectivity index (χ4v) is 1.82. The number of carboxylic acid groups (broad SMARTS) is 1. The fourth-order valence-electron chi connectivity index (χ4n) is 1.82. The van der Waals surface area contributed by atoms with Gasteiger partial charge < -0.3 is 9.84 Å². The number of aromatic carboxylic acids is 1. The van der Waals surface area contributed by atoms with Crippen LogP contribution in [0, 0.1) is 11.7 Å². The normalized spacial score (nSPS) is 12.7. The van der Waals surface area contributed by atoms with Crippen LogP contribution >= 0.6 is 0 Å². The van der Waals surface area contributed by atoms with Crippen LogP contribution in [0.5, 0.6) is 0 Å². The molecule has 0 aliphatic rings. The Morgan fingerprint density at radius 1 is 1.39 bits per heavy atom. The van der Waals surface area contributed by atoms with Gasteiger partial charge in [-0.25, -0.2) is 9.18 Å². The summed E-state index contributed by atoms with van der Waals surface area (Å²) in [4.78, 5) is 10.8. The standard InChI is InChI=1S/C14H19FO3/c1-9(2)7-10(3)18-8-11-5-4-6-12(13(11)15)14(16)17/h4-6,9-10H,7-8H2,1-3H3,(H,16,17). The van der Waals surface area contributed by atoms with E-state index >= 15 is 0 Å². The van der Waals surface area contributed by atoms with Crippen LogP contribution in [-0.2, 0) is 11.3 Å². The summed E-state index contributed by atoms with van der Waals surface area (Å²) in [5, 5.41) is 8.81. The van der Waals surface area contributed by atoms with Gasteiger partial charge in [-0.2, -0.15) is 0 Å². The molecule has 0 aliphatic heterocycles. The molecule has 1 unspecified atom stereocenters. The first-order valence-electron chi connectivity index (χ1n) is 6.04. The highest BCUT2D eigenvalue weighted by Crippen LogP contribution is 2.16. The number of carbonyl (C=O) groups is 1. The van der Waals surface area contributed by atoms with Gasteiger partial charge in [-0.1, -0.05) is 26.0 Å². The lowest BCUT2D eigenvalue weighted by Crippen LogP contribution is -2.12. The number of benzene rings is 1. The quantitative estimate of drug-likeness (QED) is 0.845. The predicted octanol–water partition coefficient (Wildman–Crippen LogP) is 3.48. The number of hydrogen-bond donors (Lipinski definition) is 1. The first kappa shape index (κ1) is 14.6. The van der Waals surface area contributed by atoms with Gasteiger partial charge in [0.05, 0.1) is 18.3 Å². The Hall–Kier alpha value is -1.42. The molecule has 100 valence electrons. The molecular weight excluding hydrogens is 235 g/mol. The Bertz CT molecular complexity index is 416. The SMILES string of the molecule is CC(C)CC(C)OCc1cccc(C(=O)O)c1F. The van der Waals surface area contributed by atoms with Crippen LogP contribution < -0.4 is 0 Å². The summed E-state index contributed by atoms with van der Waals surface area (Å²) in [7, 11) is 0. The summed E-state index contributed by atoms with van der Waals surface area (Å²) >= 11 is 0. The number of ether oxygens (including phenoxy) is 1. The van der Waals surface area contributed by atoms with Gasteiger partial charge in [0, 0.05) is 5.56 Å². The molecule has 1 aromatic carbocycles. The maximum Gasteiger partial charge on any atom is 0.338 e. The minimum atomic E-state index is -1.26. The Kier molecular flexibility index (Phi) is 5.28. The van der Waals surface area contributed by atoms with Gasteiger partial charge in [0.25, 0.3) is 0 Å². The number of hydrogen-bond acceptors (Lipinski definition) is 2. The molecule has 18 heavy (non-hydrogen) atoms. The van der Waals surface area contributed by atoms with Crippen LogP contribution in [0.1, 0.15) is 43.1 Å². The molecule has 1 atom stereocenters. The summed E-state index contributed by atoms with van der Waals surface area (Å²) in [5.74, 6) is -1.46. The van der Waals surface area contributed by atoms with Crippen molar-refractivity contribution in [2.24, 2.45) is 5.92 Å². The molecule has 3 nitrogen and oxygen atoms in total. The maximum absolute atomic E-state index is 13.8. The van der Waals surface area contributed by atoms with E-state index in [4.69, 9.17) is 9.84 Å². The van der Waals surface area contributed by atoms with Crippen molar-refractivity contribution in [3.8, 4) is 0 Å². The van der Waals surface area contributed by atoms with Crippen molar-refractivity contribution >= 4 is 5.97 Å². The van der Waals surface area contributed by atoms with E-state index in [0.717, 1.165) is 6.42 Å². The van der Waals surface area contributed by atoms with E-state index in [0.29, 0.717) is 5.92 Å². The molecule has 0 heterocycles. The molecule has 0 aromatic heterocycles. The lowest BCUT2D eigenvalue weighted by atomic mass is 10.1. The second kappa shape index (κ2) is 6.50. The molecule has 0 saturated carbocycles. The Labute approximate surface area is 107 Å². The third-order valence-corrected chi connectivity index (χ3v) is 2.64. The second-order valence-corrected chi connectivity index (χ2v) is 4.84. The van der Waals surface area contributed by atoms with Crippen LogP contribution in [0.2, 0.25) is 0 Å². The first-order chi connectivity index (χ1) is 8.41. The van der Waals surface area contributed by atoms with E-state index in [1.807, 2.05) is 6.92 Å². The van der Waals surface area contributed by atoms with Crippen LogP contribution in [-0.4, -0.2) is 17.2 Å². The van der Waals surface area contributed by atoms with Gasteiger partial charge in [0.2, 0.25) is 0 Å². The minimum Gasteiger partial charge on any atom is -0.478 e. The molecule has 4 heteroatoms. The molecule has 0 radical (unpaired) electrons. The summed E-state index contributed by atoms with van der Waals surface area (Å²) in [6, 6.07) is 4.32. The number of carboxylic acids is 1. The lowest BCUT2D eigenvalue weighted by Gasteiger charge is -2.15. The molecule has 0 bridgehead atoms. The van der Waals surface area contributed by atoms with E-state index in [1.165, 1.54) is 12.1 Å². The van der Waals surface area contributed by atoms with Gasteiger partial charge in [0.1, 0.15) is 5.82 Å². The van der Waals surface area contributed by atoms with Gasteiger partial charge in [-0.05, 0) is 25.3 Å². The molecule has 1 rings (SSSR count). The highest BCUT2D eigenvalue weighted by molar-refractivity contribution is 5.88. The smallest absolute Gasteiger partial charge is 0.338 e. The van der Waals surface area contributed by atoms with Gasteiger partial charge in [-0.15, -0.1) is 0 Å². The summed E-state index contributed by atoms with van der Waals surface area (Å²) in [6.07, 6.45) is 0.915. The van der Waals surface area contributed by atoms with E-state index in [2.05, 4.69) is 13.8 Å². The highest BCUT2D eigenvalue weighted by Gasteiger charge is 2.14. The van der Waals surface area contributed by atoms with Crippen molar-refractivity contribution in [2.75, 3.05) is 0 Å². The zero-order chi connectivity index (χ0) is 13.7. The zero-order valence-electron chi connectivity index (χ0n) is 10.9. The topological polar surface area (TPSA) is 46.5 Å². The van der Waals surface area contributed by atoms with Crippen molar-refractivity contribution in [1.29, 1.82) is 0 Å². The van der Waals surface area contributed by atoms with E-state index in [1.54, 1.807) is 6.07 Å². The lowest BCUT2D eigenvalue weighted by molar-refractivity contribution is 0.0381. The van der Waals surface area contributed by atoms with Crippen molar-refractivity contribution in [2.45, 2.75) is 39.9 Å². The molecule has 1 N–H and O–H groups in total. The van der Waals surface area contributed by atoms with E-state index in [-0.39, 0.29) is 23.8 Å². The largest absolute Gasteiger partial charge is 0.478 e. The number of halogens is 1. The monoisotopic (exact) mass is 254 g/mol. The molecule has 0 spiro atoms. The average molecular weight is 254 g/mol. The fraction of sp³-hybridized carbons (Fsp3) is 0.500. The Morgan fingerprint density at radius 3 is 2.61 bits per heavy atom. The zero-order valence-corrected chi connectivity index (χ0v) is 10.9. The van der Waals surface area contributed by atoms with Crippen molar-refractivity contribution in [3.63, 3.8) is 0 Å². The summed E-state index contributed by atoms with van der Waals surface area (Å²) in [5.41, 5.74) is -0.0295. The van der Waals surface area contributed by atoms with Crippen molar-refractivity contribution < 1.29 is 19.0 Å². The van der Waals surface area contributed by atoms with Gasteiger partial charge >= 0.3 is 5.97 Å².